The molecule has 0 unspecified atom stereocenters. The van der Waals surface area contributed by atoms with Gasteiger partial charge in [0.1, 0.15) is 5.83 Å². The maximum atomic E-state index is 14.8. The molecule has 0 bridgehead atoms. The Kier molecular flexibility index (Phi) is 11.9. The Morgan fingerprint density at radius 2 is 2.12 bits per heavy atom. The minimum absolute atomic E-state index is 0.121. The summed E-state index contributed by atoms with van der Waals surface area (Å²) in [6.07, 6.45) is 7.31. The first-order chi connectivity index (χ1) is 15.5. The summed E-state index contributed by atoms with van der Waals surface area (Å²) in [7, 11) is 5.26. The molecule has 2 aliphatic rings. The number of ether oxygens (including phenoxy) is 1. The second-order valence-corrected chi connectivity index (χ2v) is 8.44. The Labute approximate surface area is 192 Å². The number of amides is 1. The highest BCUT2D eigenvalue weighted by atomic mass is 19.1. The molecule has 1 saturated carbocycles. The molecule has 0 atom stereocenters. The lowest BCUT2D eigenvalue weighted by molar-refractivity contribution is -0.131. The maximum Gasteiger partial charge on any atom is 0.224 e. The summed E-state index contributed by atoms with van der Waals surface area (Å²) < 4.78 is 19.9. The van der Waals surface area contributed by atoms with Gasteiger partial charge < -0.3 is 24.3 Å². The molecule has 0 aromatic heterocycles. The van der Waals surface area contributed by atoms with Crippen LogP contribution in [0, 0.1) is 0 Å². The molecule has 1 N–H and O–H groups in total. The monoisotopic (exact) mass is 453 g/mol. The molecule has 1 amide bonds. The Morgan fingerprint density at radius 3 is 2.81 bits per heavy atom. The van der Waals surface area contributed by atoms with E-state index in [-0.39, 0.29) is 24.2 Å². The zero-order chi connectivity index (χ0) is 23.3. The predicted molar refractivity (Wildman–Crippen MR) is 125 cm³/mol. The summed E-state index contributed by atoms with van der Waals surface area (Å²) in [5, 5.41) is 0. The fraction of sp³-hybridized carbons (Fsp3) is 0.739. The number of hydroxylamine groups is 1. The van der Waals surface area contributed by atoms with E-state index in [2.05, 4.69) is 15.4 Å². The molecule has 1 aliphatic carbocycles. The second kappa shape index (κ2) is 14.4. The van der Waals surface area contributed by atoms with Crippen LogP contribution in [0.1, 0.15) is 39.0 Å². The molecular formula is C23H40FN5O3. The van der Waals surface area contributed by atoms with Gasteiger partial charge >= 0.3 is 0 Å². The zero-order valence-electron chi connectivity index (χ0n) is 20.1. The van der Waals surface area contributed by atoms with Crippen molar-refractivity contribution in [1.82, 2.24) is 20.2 Å². The molecule has 1 heterocycles. The number of methoxy groups -OCH3 is 1. The van der Waals surface area contributed by atoms with E-state index < -0.39 is 0 Å². The minimum Gasteiger partial charge on any atom is -0.383 e. The fourth-order valence-corrected chi connectivity index (χ4v) is 3.51. The van der Waals surface area contributed by atoms with Gasteiger partial charge in [-0.2, -0.15) is 0 Å². The highest BCUT2D eigenvalue weighted by molar-refractivity contribution is 5.77. The third kappa shape index (κ3) is 9.36. The van der Waals surface area contributed by atoms with Gasteiger partial charge in [-0.1, -0.05) is 0 Å². The average molecular weight is 454 g/mol. The standard InChI is InChI=1S/C23H40FN5O3/c1-19-20(16-28(12-5-10-26-32-4)18-25-11-8-22(19)24)17-29(21-6-7-21)23(30)9-13-27(2)14-15-31-3/h16,18,21,26H,5-15,17H2,1-4H3/b20-16-,22-19-,25-18+. The van der Waals surface area contributed by atoms with Gasteiger partial charge in [-0.05, 0) is 44.4 Å². The quantitative estimate of drug-likeness (QED) is 0.322. The van der Waals surface area contributed by atoms with Crippen molar-refractivity contribution in [3.63, 3.8) is 0 Å². The molecule has 0 aromatic carbocycles. The average Bonchev–Trinajstić information content (AvgIpc) is 3.62. The van der Waals surface area contributed by atoms with Crippen molar-refractivity contribution in [2.24, 2.45) is 4.99 Å². The van der Waals surface area contributed by atoms with Crippen molar-refractivity contribution in [3.8, 4) is 0 Å². The molecular weight excluding hydrogens is 413 g/mol. The molecule has 0 saturated heterocycles. The number of halogens is 1. The van der Waals surface area contributed by atoms with Gasteiger partial charge in [0.05, 0.1) is 20.1 Å². The summed E-state index contributed by atoms with van der Waals surface area (Å²) in [5.41, 5.74) is 4.29. The van der Waals surface area contributed by atoms with Crippen molar-refractivity contribution in [2.45, 2.75) is 45.1 Å². The van der Waals surface area contributed by atoms with E-state index in [0.717, 1.165) is 37.9 Å². The zero-order valence-corrected chi connectivity index (χ0v) is 20.1. The van der Waals surface area contributed by atoms with Gasteiger partial charge in [0.15, 0.2) is 0 Å². The molecule has 182 valence electrons. The highest BCUT2D eigenvalue weighted by Gasteiger charge is 2.33. The Bertz CT molecular complexity index is 679. The summed E-state index contributed by atoms with van der Waals surface area (Å²) in [4.78, 5) is 28.4. The van der Waals surface area contributed by atoms with Crippen LogP contribution in [0.3, 0.4) is 0 Å². The lowest BCUT2D eigenvalue weighted by Gasteiger charge is -2.27. The molecule has 32 heavy (non-hydrogen) atoms. The number of rotatable bonds is 14. The van der Waals surface area contributed by atoms with E-state index in [0.29, 0.717) is 44.8 Å². The Hall–Kier alpha value is -1.81. The van der Waals surface area contributed by atoms with Crippen LogP contribution >= 0.6 is 0 Å². The number of aliphatic imine (C=N–C) groups is 1. The summed E-state index contributed by atoms with van der Waals surface area (Å²) in [6.45, 7) is 6.18. The number of nitrogens with one attached hydrogen (secondary N) is 1. The van der Waals surface area contributed by atoms with Crippen LogP contribution in [-0.4, -0.2) is 100 Å². The number of nitrogens with zero attached hydrogens (tertiary/aromatic N) is 4. The lowest BCUT2D eigenvalue weighted by atomic mass is 10.1. The summed E-state index contributed by atoms with van der Waals surface area (Å²) in [5.74, 6) is -0.0333. The molecule has 1 fully saturated rings. The van der Waals surface area contributed by atoms with Gasteiger partial charge in [0.2, 0.25) is 5.91 Å². The number of carbonyl (C=O) groups excluding carboxylic acids is 1. The van der Waals surface area contributed by atoms with E-state index in [1.165, 1.54) is 0 Å². The van der Waals surface area contributed by atoms with Crippen LogP contribution in [0.2, 0.25) is 0 Å². The Balaban J connectivity index is 2.10. The van der Waals surface area contributed by atoms with E-state index in [1.807, 2.05) is 30.0 Å². The summed E-state index contributed by atoms with van der Waals surface area (Å²) >= 11 is 0. The van der Waals surface area contributed by atoms with Crippen molar-refractivity contribution >= 4 is 12.2 Å². The van der Waals surface area contributed by atoms with Crippen LogP contribution in [0.15, 0.2) is 28.2 Å². The first kappa shape index (κ1) is 26.4. The van der Waals surface area contributed by atoms with E-state index in [9.17, 15) is 9.18 Å². The van der Waals surface area contributed by atoms with Crippen LogP contribution in [0.4, 0.5) is 4.39 Å². The first-order valence-electron chi connectivity index (χ1n) is 11.5. The van der Waals surface area contributed by atoms with Crippen molar-refractivity contribution in [2.75, 3.05) is 67.1 Å². The van der Waals surface area contributed by atoms with E-state index >= 15 is 0 Å². The normalized spacial score (nSPS) is 22.2. The third-order valence-corrected chi connectivity index (χ3v) is 5.77. The van der Waals surface area contributed by atoms with Gasteiger partial charge in [0.25, 0.3) is 0 Å². The third-order valence-electron chi connectivity index (χ3n) is 5.77. The molecule has 8 nitrogen and oxygen atoms in total. The van der Waals surface area contributed by atoms with Gasteiger partial charge in [-0.25, -0.2) is 9.87 Å². The van der Waals surface area contributed by atoms with Gasteiger partial charge in [0, 0.05) is 71.5 Å². The van der Waals surface area contributed by atoms with Crippen LogP contribution in [-0.2, 0) is 14.4 Å². The molecule has 1 aliphatic heterocycles. The molecule has 0 aromatic rings. The predicted octanol–water partition coefficient (Wildman–Crippen LogP) is 2.35. The van der Waals surface area contributed by atoms with Crippen LogP contribution < -0.4 is 5.48 Å². The number of carbonyl (C=O) groups is 1. The van der Waals surface area contributed by atoms with Gasteiger partial charge in [-0.3, -0.25) is 9.79 Å². The molecule has 0 radical (unpaired) electrons. The van der Waals surface area contributed by atoms with Crippen molar-refractivity contribution in [1.29, 1.82) is 0 Å². The highest BCUT2D eigenvalue weighted by Crippen LogP contribution is 2.30. The van der Waals surface area contributed by atoms with E-state index in [1.54, 1.807) is 20.6 Å². The summed E-state index contributed by atoms with van der Waals surface area (Å²) in [6, 6.07) is 0.254. The Morgan fingerprint density at radius 1 is 1.34 bits per heavy atom. The minimum atomic E-state index is -0.154. The fourth-order valence-electron chi connectivity index (χ4n) is 3.51. The van der Waals surface area contributed by atoms with E-state index in [4.69, 9.17) is 9.57 Å². The number of hydrogen-bond donors (Lipinski definition) is 1. The second-order valence-electron chi connectivity index (χ2n) is 8.44. The number of likely N-dealkylation sites (N-methyl/N-ethyl adjacent to an activating group) is 1. The maximum absolute atomic E-state index is 14.8. The van der Waals surface area contributed by atoms with Crippen molar-refractivity contribution in [3.05, 3.63) is 23.2 Å². The molecule has 0 spiro atoms. The number of hydrogen-bond acceptors (Lipinski definition) is 7. The largest absolute Gasteiger partial charge is 0.383 e. The van der Waals surface area contributed by atoms with Crippen molar-refractivity contribution < 1.29 is 18.8 Å². The molecule has 9 heteroatoms. The van der Waals surface area contributed by atoms with Gasteiger partial charge in [-0.15, -0.1) is 0 Å². The molecule has 2 rings (SSSR count). The first-order valence-corrected chi connectivity index (χ1v) is 11.5. The smallest absolute Gasteiger partial charge is 0.224 e. The SMILES string of the molecule is COCCN(C)CCC(=O)N(CC1=C/N(CCCNOC)/C=N/CC\C(F)=C\1C)C1CC1. The lowest BCUT2D eigenvalue weighted by Crippen LogP contribution is -2.37. The van der Waals surface area contributed by atoms with Crippen LogP contribution in [0.25, 0.3) is 0 Å². The topological polar surface area (TPSA) is 69.6 Å². The van der Waals surface area contributed by atoms with Crippen LogP contribution in [0.5, 0.6) is 0 Å².